The number of rotatable bonds is 3. The number of anilines is 1. The summed E-state index contributed by atoms with van der Waals surface area (Å²) in [5, 5.41) is 7.63. The Kier molecular flexibility index (Phi) is 2.31. The van der Waals surface area contributed by atoms with Gasteiger partial charge in [-0.15, -0.1) is 0 Å². The van der Waals surface area contributed by atoms with Crippen molar-refractivity contribution >= 4 is 5.69 Å². The Hall–Kier alpha value is -1.91. The number of hydrogen-bond donors (Lipinski definition) is 1. The summed E-state index contributed by atoms with van der Waals surface area (Å²) in [6.45, 7) is 0. The van der Waals surface area contributed by atoms with Gasteiger partial charge in [-0.05, 0) is 12.8 Å². The van der Waals surface area contributed by atoms with Crippen LogP contribution in [0.4, 0.5) is 10.1 Å². The maximum absolute atomic E-state index is 13.1. The second-order valence-corrected chi connectivity index (χ2v) is 4.26. The van der Waals surface area contributed by atoms with Gasteiger partial charge in [0, 0.05) is 19.0 Å². The van der Waals surface area contributed by atoms with Crippen molar-refractivity contribution in [3.05, 3.63) is 36.2 Å². The van der Waals surface area contributed by atoms with Gasteiger partial charge in [-0.1, -0.05) is 0 Å². The zero-order chi connectivity index (χ0) is 11.8. The average Bonchev–Trinajstić information content (AvgIpc) is 3.08. The first-order chi connectivity index (χ1) is 8.28. The van der Waals surface area contributed by atoms with Crippen molar-refractivity contribution in [2.45, 2.75) is 18.8 Å². The van der Waals surface area contributed by atoms with Crippen molar-refractivity contribution in [1.29, 1.82) is 0 Å². The molecule has 2 aromatic heterocycles. The van der Waals surface area contributed by atoms with Gasteiger partial charge in [-0.3, -0.25) is 4.98 Å². The van der Waals surface area contributed by atoms with Gasteiger partial charge in [0.15, 0.2) is 0 Å². The third-order valence-corrected chi connectivity index (χ3v) is 2.93. The summed E-state index contributed by atoms with van der Waals surface area (Å²) in [6.07, 6.45) is 7.05. The van der Waals surface area contributed by atoms with Crippen LogP contribution in [0, 0.1) is 5.82 Å². The van der Waals surface area contributed by atoms with E-state index < -0.39 is 0 Å². The minimum Gasteiger partial charge on any atom is -0.385 e. The fourth-order valence-electron chi connectivity index (χ4n) is 1.90. The summed E-state index contributed by atoms with van der Waals surface area (Å²) in [7, 11) is 1.87. The van der Waals surface area contributed by atoms with Gasteiger partial charge in [0.25, 0.3) is 0 Å². The predicted molar refractivity (Wildman–Crippen MR) is 62.8 cm³/mol. The molecule has 2 heterocycles. The summed E-state index contributed by atoms with van der Waals surface area (Å²) in [5.41, 5.74) is 2.72. The summed E-state index contributed by atoms with van der Waals surface area (Å²) < 4.78 is 14.8. The van der Waals surface area contributed by atoms with E-state index in [1.54, 1.807) is 10.9 Å². The minimum absolute atomic E-state index is 0.350. The molecule has 88 valence electrons. The second kappa shape index (κ2) is 3.84. The Balaban J connectivity index is 2.03. The van der Waals surface area contributed by atoms with E-state index in [9.17, 15) is 4.39 Å². The van der Waals surface area contributed by atoms with E-state index in [1.807, 2.05) is 13.2 Å². The topological polar surface area (TPSA) is 42.7 Å². The lowest BCUT2D eigenvalue weighted by molar-refractivity contribution is 0.618. The molecule has 3 rings (SSSR count). The highest BCUT2D eigenvalue weighted by Gasteiger charge is 2.29. The molecule has 5 heteroatoms. The van der Waals surface area contributed by atoms with Crippen molar-refractivity contribution in [1.82, 2.24) is 14.8 Å². The molecular formula is C12H13FN4. The van der Waals surface area contributed by atoms with Crippen molar-refractivity contribution in [3.8, 4) is 5.69 Å². The average molecular weight is 232 g/mol. The zero-order valence-corrected chi connectivity index (χ0v) is 9.52. The van der Waals surface area contributed by atoms with Crippen molar-refractivity contribution in [3.63, 3.8) is 0 Å². The van der Waals surface area contributed by atoms with Crippen LogP contribution < -0.4 is 5.32 Å². The number of hydrogen-bond acceptors (Lipinski definition) is 3. The van der Waals surface area contributed by atoms with E-state index in [4.69, 9.17) is 0 Å². The highest BCUT2D eigenvalue weighted by atomic mass is 19.1. The molecule has 2 aromatic rings. The van der Waals surface area contributed by atoms with E-state index in [-0.39, 0.29) is 5.82 Å². The van der Waals surface area contributed by atoms with Gasteiger partial charge in [0.1, 0.15) is 5.82 Å². The smallest absolute Gasteiger partial charge is 0.143 e. The summed E-state index contributed by atoms with van der Waals surface area (Å²) in [5.74, 6) is 0.206. The fourth-order valence-corrected chi connectivity index (χ4v) is 1.90. The molecule has 1 fully saturated rings. The molecule has 0 unspecified atom stereocenters. The van der Waals surface area contributed by atoms with Gasteiger partial charge in [-0.25, -0.2) is 9.07 Å². The molecule has 1 N–H and O–H groups in total. The van der Waals surface area contributed by atoms with Crippen LogP contribution in [-0.2, 0) is 0 Å². The predicted octanol–water partition coefficient (Wildman–Crippen LogP) is 2.33. The van der Waals surface area contributed by atoms with Crippen LogP contribution in [0.3, 0.4) is 0 Å². The maximum atomic E-state index is 13.1. The normalized spacial score (nSPS) is 14.9. The molecule has 0 bridgehead atoms. The Labute approximate surface area is 98.5 Å². The molecule has 1 aliphatic carbocycles. The summed E-state index contributed by atoms with van der Waals surface area (Å²) >= 11 is 0. The highest BCUT2D eigenvalue weighted by molar-refractivity contribution is 5.50. The summed E-state index contributed by atoms with van der Waals surface area (Å²) in [6, 6.07) is 1.43. The van der Waals surface area contributed by atoms with Crippen LogP contribution in [-0.4, -0.2) is 21.8 Å². The summed E-state index contributed by atoms with van der Waals surface area (Å²) in [4.78, 5) is 3.83. The van der Waals surface area contributed by atoms with Crippen LogP contribution in [0.2, 0.25) is 0 Å². The first-order valence-corrected chi connectivity index (χ1v) is 5.66. The van der Waals surface area contributed by atoms with Gasteiger partial charge >= 0.3 is 0 Å². The molecule has 0 aromatic carbocycles. The quantitative estimate of drug-likeness (QED) is 0.883. The molecule has 1 aliphatic rings. The monoisotopic (exact) mass is 232 g/mol. The van der Waals surface area contributed by atoms with Crippen LogP contribution in [0.15, 0.2) is 24.7 Å². The first kappa shape index (κ1) is 10.3. The van der Waals surface area contributed by atoms with Gasteiger partial charge in [0.2, 0.25) is 0 Å². The standard InChI is InChI=1S/C12H13FN4/c1-14-11-7-17(16-12(11)8-2-3-8)10-4-9(13)5-15-6-10/h4-8,14H,2-3H2,1H3. The minimum atomic E-state index is -0.350. The number of halogens is 1. The van der Waals surface area contributed by atoms with E-state index in [0.717, 1.165) is 11.4 Å². The molecule has 0 radical (unpaired) electrons. The van der Waals surface area contributed by atoms with E-state index >= 15 is 0 Å². The molecule has 1 saturated carbocycles. The van der Waals surface area contributed by atoms with Crippen LogP contribution in [0.1, 0.15) is 24.5 Å². The lowest BCUT2D eigenvalue weighted by atomic mass is 10.2. The Morgan fingerprint density at radius 1 is 1.41 bits per heavy atom. The van der Waals surface area contributed by atoms with Gasteiger partial charge in [0.05, 0.1) is 35.7 Å². The third-order valence-electron chi connectivity index (χ3n) is 2.93. The zero-order valence-electron chi connectivity index (χ0n) is 9.52. The molecule has 17 heavy (non-hydrogen) atoms. The molecule has 4 nitrogen and oxygen atoms in total. The molecule has 0 atom stereocenters. The number of nitrogens with one attached hydrogen (secondary N) is 1. The lowest BCUT2D eigenvalue weighted by Gasteiger charge is -1.99. The maximum Gasteiger partial charge on any atom is 0.143 e. The molecular weight excluding hydrogens is 219 g/mol. The number of aromatic nitrogens is 3. The lowest BCUT2D eigenvalue weighted by Crippen LogP contribution is -1.97. The largest absolute Gasteiger partial charge is 0.385 e. The SMILES string of the molecule is CNc1cn(-c2cncc(F)c2)nc1C1CC1. The Morgan fingerprint density at radius 2 is 2.24 bits per heavy atom. The molecule has 0 saturated heterocycles. The van der Waals surface area contributed by atoms with Crippen LogP contribution in [0.25, 0.3) is 5.69 Å². The number of nitrogens with zero attached hydrogens (tertiary/aromatic N) is 3. The second-order valence-electron chi connectivity index (χ2n) is 4.26. The van der Waals surface area contributed by atoms with Crippen molar-refractivity contribution in [2.24, 2.45) is 0 Å². The van der Waals surface area contributed by atoms with Gasteiger partial charge < -0.3 is 5.32 Å². The van der Waals surface area contributed by atoms with Crippen molar-refractivity contribution in [2.75, 3.05) is 12.4 Å². The first-order valence-electron chi connectivity index (χ1n) is 5.66. The van der Waals surface area contributed by atoms with Crippen LogP contribution in [0.5, 0.6) is 0 Å². The molecule has 0 aliphatic heterocycles. The van der Waals surface area contributed by atoms with E-state index in [0.29, 0.717) is 11.6 Å². The Morgan fingerprint density at radius 3 is 2.88 bits per heavy atom. The van der Waals surface area contributed by atoms with Crippen molar-refractivity contribution < 1.29 is 4.39 Å². The van der Waals surface area contributed by atoms with Gasteiger partial charge in [-0.2, -0.15) is 5.10 Å². The molecule has 0 amide bonds. The highest BCUT2D eigenvalue weighted by Crippen LogP contribution is 2.42. The number of pyridine rings is 1. The van der Waals surface area contributed by atoms with E-state index in [1.165, 1.54) is 25.1 Å². The van der Waals surface area contributed by atoms with Crippen LogP contribution >= 0.6 is 0 Å². The molecule has 0 spiro atoms. The fraction of sp³-hybridized carbons (Fsp3) is 0.333. The Bertz CT molecular complexity index is 545. The van der Waals surface area contributed by atoms with E-state index in [2.05, 4.69) is 15.4 Å². The third kappa shape index (κ3) is 1.88.